The zero-order chi connectivity index (χ0) is 13.7. The summed E-state index contributed by atoms with van der Waals surface area (Å²) >= 11 is 5.92. The minimum atomic E-state index is 0.613. The molecule has 3 nitrogen and oxygen atoms in total. The van der Waals surface area contributed by atoms with Gasteiger partial charge in [-0.25, -0.2) is 4.98 Å². The molecule has 0 spiro atoms. The van der Waals surface area contributed by atoms with Gasteiger partial charge in [-0.1, -0.05) is 24.6 Å². The lowest BCUT2D eigenvalue weighted by molar-refractivity contribution is 0.458. The fourth-order valence-corrected chi connectivity index (χ4v) is 1.92. The molecule has 0 saturated carbocycles. The summed E-state index contributed by atoms with van der Waals surface area (Å²) in [6.07, 6.45) is 1.83. The topological polar surface area (TPSA) is 34.2 Å². The number of ether oxygens (including phenoxy) is 1. The highest BCUT2D eigenvalue weighted by Crippen LogP contribution is 2.25. The van der Waals surface area contributed by atoms with Crippen LogP contribution in [-0.4, -0.2) is 11.5 Å². The first kappa shape index (κ1) is 13.8. The molecule has 1 aromatic carbocycles. The molecule has 2 aromatic rings. The summed E-state index contributed by atoms with van der Waals surface area (Å²) in [7, 11) is 0. The predicted octanol–water partition coefficient (Wildman–Crippen LogP) is 3.95. The van der Waals surface area contributed by atoms with Crippen molar-refractivity contribution in [2.24, 2.45) is 0 Å². The first-order valence-corrected chi connectivity index (χ1v) is 6.66. The smallest absolute Gasteiger partial charge is 0.222 e. The highest BCUT2D eigenvalue weighted by Gasteiger charge is 2.05. The van der Waals surface area contributed by atoms with E-state index in [1.165, 1.54) is 0 Å². The molecule has 1 N–H and O–H groups in total. The quantitative estimate of drug-likeness (QED) is 0.898. The van der Waals surface area contributed by atoms with Crippen molar-refractivity contribution >= 4 is 11.6 Å². The Hall–Kier alpha value is -1.58. The second-order valence-electron chi connectivity index (χ2n) is 4.31. The van der Waals surface area contributed by atoms with Crippen molar-refractivity contribution < 1.29 is 4.74 Å². The van der Waals surface area contributed by atoms with Gasteiger partial charge in [-0.2, -0.15) is 0 Å². The number of benzene rings is 1. The highest BCUT2D eigenvalue weighted by atomic mass is 35.5. The van der Waals surface area contributed by atoms with Crippen LogP contribution in [0.25, 0.3) is 0 Å². The molecule has 0 fully saturated rings. The van der Waals surface area contributed by atoms with Crippen molar-refractivity contribution in [2.75, 3.05) is 6.54 Å². The van der Waals surface area contributed by atoms with Crippen molar-refractivity contribution in [1.82, 2.24) is 10.3 Å². The zero-order valence-electron chi connectivity index (χ0n) is 11.1. The van der Waals surface area contributed by atoms with Crippen LogP contribution in [0.2, 0.25) is 5.02 Å². The summed E-state index contributed by atoms with van der Waals surface area (Å²) in [5.41, 5.74) is 2.16. The Morgan fingerprint density at radius 3 is 2.84 bits per heavy atom. The Balaban J connectivity index is 2.13. The van der Waals surface area contributed by atoms with Gasteiger partial charge in [0.2, 0.25) is 5.88 Å². The van der Waals surface area contributed by atoms with Crippen LogP contribution in [0.15, 0.2) is 36.5 Å². The SMILES string of the molecule is CCNCc1cnc(Oc2cccc(Cl)c2)c(C)c1. The standard InChI is InChI=1S/C15H17ClN2O/c1-3-17-9-12-7-11(2)15(18-10-12)19-14-6-4-5-13(16)8-14/h4-8,10,17H,3,9H2,1-2H3. The van der Waals surface area contributed by atoms with Gasteiger partial charge >= 0.3 is 0 Å². The average Bonchev–Trinajstić information content (AvgIpc) is 2.39. The van der Waals surface area contributed by atoms with E-state index in [9.17, 15) is 0 Å². The number of nitrogens with one attached hydrogen (secondary N) is 1. The van der Waals surface area contributed by atoms with Crippen molar-refractivity contribution in [3.8, 4) is 11.6 Å². The molecule has 19 heavy (non-hydrogen) atoms. The first-order chi connectivity index (χ1) is 9.19. The largest absolute Gasteiger partial charge is 0.439 e. The van der Waals surface area contributed by atoms with Gasteiger partial charge in [0.1, 0.15) is 5.75 Å². The summed E-state index contributed by atoms with van der Waals surface area (Å²) in [5.74, 6) is 1.31. The van der Waals surface area contributed by atoms with Gasteiger partial charge in [-0.3, -0.25) is 0 Å². The molecule has 0 aliphatic heterocycles. The number of hydrogen-bond donors (Lipinski definition) is 1. The van der Waals surface area contributed by atoms with E-state index in [-0.39, 0.29) is 0 Å². The monoisotopic (exact) mass is 276 g/mol. The Morgan fingerprint density at radius 2 is 2.16 bits per heavy atom. The third-order valence-corrected chi connectivity index (χ3v) is 2.91. The molecule has 0 amide bonds. The first-order valence-electron chi connectivity index (χ1n) is 6.28. The van der Waals surface area contributed by atoms with E-state index >= 15 is 0 Å². The fourth-order valence-electron chi connectivity index (χ4n) is 1.74. The number of halogens is 1. The van der Waals surface area contributed by atoms with E-state index in [0.29, 0.717) is 16.7 Å². The molecule has 0 radical (unpaired) electrons. The minimum absolute atomic E-state index is 0.613. The summed E-state index contributed by atoms with van der Waals surface area (Å²) in [5, 5.41) is 3.92. The van der Waals surface area contributed by atoms with Gasteiger partial charge in [0.05, 0.1) is 0 Å². The molecule has 0 bridgehead atoms. The Labute approximate surface area is 118 Å². The highest BCUT2D eigenvalue weighted by molar-refractivity contribution is 6.30. The van der Waals surface area contributed by atoms with Crippen molar-refractivity contribution in [3.63, 3.8) is 0 Å². The van der Waals surface area contributed by atoms with E-state index in [1.807, 2.05) is 31.3 Å². The molecule has 1 aromatic heterocycles. The van der Waals surface area contributed by atoms with Gasteiger partial charge in [0.25, 0.3) is 0 Å². The van der Waals surface area contributed by atoms with E-state index < -0.39 is 0 Å². The maximum Gasteiger partial charge on any atom is 0.222 e. The van der Waals surface area contributed by atoms with E-state index in [4.69, 9.17) is 16.3 Å². The number of aryl methyl sites for hydroxylation is 1. The van der Waals surface area contributed by atoms with E-state index in [1.54, 1.807) is 6.07 Å². The Morgan fingerprint density at radius 1 is 1.32 bits per heavy atom. The minimum Gasteiger partial charge on any atom is -0.439 e. The molecule has 4 heteroatoms. The van der Waals surface area contributed by atoms with Gasteiger partial charge in [-0.05, 0) is 43.3 Å². The molecule has 1 heterocycles. The number of aromatic nitrogens is 1. The van der Waals surface area contributed by atoms with E-state index in [0.717, 1.165) is 24.2 Å². The molecule has 0 aliphatic rings. The molecular formula is C15H17ClN2O. The lowest BCUT2D eigenvalue weighted by Gasteiger charge is -2.09. The predicted molar refractivity (Wildman–Crippen MR) is 77.9 cm³/mol. The third-order valence-electron chi connectivity index (χ3n) is 2.68. The van der Waals surface area contributed by atoms with Crippen LogP contribution in [0.1, 0.15) is 18.1 Å². The van der Waals surface area contributed by atoms with Crippen LogP contribution in [0, 0.1) is 6.92 Å². The van der Waals surface area contributed by atoms with Crippen LogP contribution in [0.3, 0.4) is 0 Å². The van der Waals surface area contributed by atoms with Gasteiger partial charge in [0, 0.05) is 23.3 Å². The summed E-state index contributed by atoms with van der Waals surface area (Å²) in [6, 6.07) is 9.38. The maximum atomic E-state index is 5.92. The molecular weight excluding hydrogens is 260 g/mol. The molecule has 0 unspecified atom stereocenters. The number of hydrogen-bond acceptors (Lipinski definition) is 3. The lowest BCUT2D eigenvalue weighted by atomic mass is 10.2. The zero-order valence-corrected chi connectivity index (χ0v) is 11.9. The van der Waals surface area contributed by atoms with Crippen LogP contribution >= 0.6 is 11.6 Å². The van der Waals surface area contributed by atoms with Crippen LogP contribution in [0.5, 0.6) is 11.6 Å². The van der Waals surface area contributed by atoms with Crippen molar-refractivity contribution in [3.05, 3.63) is 52.7 Å². The van der Waals surface area contributed by atoms with Gasteiger partial charge < -0.3 is 10.1 Å². The molecule has 0 saturated heterocycles. The molecule has 0 atom stereocenters. The Kier molecular flexibility index (Phi) is 4.77. The van der Waals surface area contributed by atoms with Crippen molar-refractivity contribution in [1.29, 1.82) is 0 Å². The Bertz CT molecular complexity index is 558. The molecule has 100 valence electrons. The summed E-state index contributed by atoms with van der Waals surface area (Å²) < 4.78 is 5.73. The molecule has 2 rings (SSSR count). The van der Waals surface area contributed by atoms with Crippen molar-refractivity contribution in [2.45, 2.75) is 20.4 Å². The maximum absolute atomic E-state index is 5.92. The normalized spacial score (nSPS) is 10.5. The summed E-state index contributed by atoms with van der Waals surface area (Å²) in [6.45, 7) is 5.83. The van der Waals surface area contributed by atoms with Crippen LogP contribution in [-0.2, 0) is 6.54 Å². The second-order valence-corrected chi connectivity index (χ2v) is 4.74. The van der Waals surface area contributed by atoms with Crippen LogP contribution in [0.4, 0.5) is 0 Å². The lowest BCUT2D eigenvalue weighted by Crippen LogP contribution is -2.12. The summed E-state index contributed by atoms with van der Waals surface area (Å²) in [4.78, 5) is 4.35. The van der Waals surface area contributed by atoms with Gasteiger partial charge in [-0.15, -0.1) is 0 Å². The number of pyridine rings is 1. The average molecular weight is 277 g/mol. The van der Waals surface area contributed by atoms with Gasteiger partial charge in [0.15, 0.2) is 0 Å². The van der Waals surface area contributed by atoms with Crippen LogP contribution < -0.4 is 10.1 Å². The number of rotatable bonds is 5. The van der Waals surface area contributed by atoms with E-state index in [2.05, 4.69) is 23.3 Å². The number of nitrogens with zero attached hydrogens (tertiary/aromatic N) is 1. The third kappa shape index (κ3) is 3.94. The molecule has 0 aliphatic carbocycles. The second kappa shape index (κ2) is 6.55. The fraction of sp³-hybridized carbons (Fsp3) is 0.267.